The maximum absolute atomic E-state index is 9.68. The highest BCUT2D eigenvalue weighted by atomic mass is 16.5. The monoisotopic (exact) mass is 270 g/mol. The Balaban J connectivity index is 2.54. The van der Waals surface area contributed by atoms with E-state index in [4.69, 9.17) is 9.47 Å². The van der Waals surface area contributed by atoms with E-state index in [1.807, 2.05) is 25.1 Å². The lowest BCUT2D eigenvalue weighted by molar-refractivity contribution is 0.371. The average molecular weight is 270 g/mol. The molecule has 0 saturated carbocycles. The van der Waals surface area contributed by atoms with E-state index >= 15 is 0 Å². The highest BCUT2D eigenvalue weighted by molar-refractivity contribution is 5.76. The van der Waals surface area contributed by atoms with Crippen molar-refractivity contribution in [1.82, 2.24) is 0 Å². The largest absolute Gasteiger partial charge is 0.508 e. The second kappa shape index (κ2) is 5.70. The van der Waals surface area contributed by atoms with Crippen molar-refractivity contribution in [2.75, 3.05) is 14.2 Å². The lowest BCUT2D eigenvalue weighted by Crippen LogP contribution is -1.92. The maximum Gasteiger partial charge on any atom is 0.126 e. The van der Waals surface area contributed by atoms with E-state index in [0.717, 1.165) is 28.0 Å². The van der Waals surface area contributed by atoms with Crippen LogP contribution in [0.5, 0.6) is 11.5 Å². The summed E-state index contributed by atoms with van der Waals surface area (Å²) in [7, 11) is 3.22. The molecule has 2 aromatic rings. The van der Waals surface area contributed by atoms with E-state index in [2.05, 4.69) is 6.58 Å². The highest BCUT2D eigenvalue weighted by Gasteiger charge is 2.11. The number of ether oxygens (including phenoxy) is 2. The smallest absolute Gasteiger partial charge is 0.126 e. The molecule has 20 heavy (non-hydrogen) atoms. The summed E-state index contributed by atoms with van der Waals surface area (Å²) in [5, 5.41) is 9.68. The molecule has 0 bridgehead atoms. The van der Waals surface area contributed by atoms with E-state index in [1.54, 1.807) is 32.4 Å². The van der Waals surface area contributed by atoms with Crippen molar-refractivity contribution < 1.29 is 14.6 Å². The van der Waals surface area contributed by atoms with Crippen LogP contribution in [0.4, 0.5) is 0 Å². The van der Waals surface area contributed by atoms with Crippen LogP contribution in [-0.2, 0) is 4.74 Å². The van der Waals surface area contributed by atoms with Gasteiger partial charge in [0.25, 0.3) is 0 Å². The number of rotatable bonds is 4. The van der Waals surface area contributed by atoms with Crippen LogP contribution in [0, 0.1) is 6.92 Å². The molecule has 1 N–H and O–H groups in total. The van der Waals surface area contributed by atoms with Crippen molar-refractivity contribution in [2.45, 2.75) is 6.92 Å². The van der Waals surface area contributed by atoms with Gasteiger partial charge in [-0.25, -0.2) is 0 Å². The number of aromatic hydroxyl groups is 1. The van der Waals surface area contributed by atoms with Gasteiger partial charge in [0.1, 0.15) is 17.3 Å². The van der Waals surface area contributed by atoms with Crippen molar-refractivity contribution in [2.24, 2.45) is 0 Å². The van der Waals surface area contributed by atoms with E-state index in [9.17, 15) is 5.11 Å². The molecular weight excluding hydrogens is 252 g/mol. The van der Waals surface area contributed by atoms with Crippen LogP contribution in [0.15, 0.2) is 43.0 Å². The second-order valence-electron chi connectivity index (χ2n) is 4.54. The molecule has 0 fully saturated rings. The van der Waals surface area contributed by atoms with E-state index < -0.39 is 0 Å². The number of hydrogen-bond donors (Lipinski definition) is 1. The van der Waals surface area contributed by atoms with Crippen LogP contribution in [-0.4, -0.2) is 19.3 Å². The molecule has 0 saturated heterocycles. The number of benzene rings is 2. The quantitative estimate of drug-likeness (QED) is 0.854. The van der Waals surface area contributed by atoms with Gasteiger partial charge in [0.05, 0.1) is 14.2 Å². The second-order valence-corrected chi connectivity index (χ2v) is 4.54. The fourth-order valence-electron chi connectivity index (χ4n) is 2.16. The third-order valence-corrected chi connectivity index (χ3v) is 3.27. The summed E-state index contributed by atoms with van der Waals surface area (Å²) in [6.07, 6.45) is 0. The van der Waals surface area contributed by atoms with Crippen LogP contribution in [0.25, 0.3) is 16.9 Å². The van der Waals surface area contributed by atoms with E-state index in [-0.39, 0.29) is 5.75 Å². The molecule has 0 spiro atoms. The molecule has 3 nitrogen and oxygen atoms in total. The first-order valence-corrected chi connectivity index (χ1v) is 6.28. The maximum atomic E-state index is 9.68. The lowest BCUT2D eigenvalue weighted by atomic mass is 9.97. The van der Waals surface area contributed by atoms with Crippen molar-refractivity contribution in [3.63, 3.8) is 0 Å². The summed E-state index contributed by atoms with van der Waals surface area (Å²) in [6, 6.07) is 11.0. The molecule has 2 aromatic carbocycles. The van der Waals surface area contributed by atoms with Crippen LogP contribution in [0.3, 0.4) is 0 Å². The zero-order chi connectivity index (χ0) is 14.7. The third-order valence-electron chi connectivity index (χ3n) is 3.27. The summed E-state index contributed by atoms with van der Waals surface area (Å²) in [4.78, 5) is 0. The Morgan fingerprint density at radius 3 is 2.40 bits per heavy atom. The summed E-state index contributed by atoms with van der Waals surface area (Å²) in [6.45, 7) is 5.85. The molecule has 0 aliphatic rings. The molecule has 0 unspecified atom stereocenters. The van der Waals surface area contributed by atoms with Crippen LogP contribution in [0.2, 0.25) is 0 Å². The van der Waals surface area contributed by atoms with Crippen molar-refractivity contribution in [3.05, 3.63) is 54.1 Å². The van der Waals surface area contributed by atoms with Crippen LogP contribution in [0.1, 0.15) is 11.1 Å². The predicted molar refractivity (Wildman–Crippen MR) is 80.9 cm³/mol. The summed E-state index contributed by atoms with van der Waals surface area (Å²) in [5.74, 6) is 1.57. The minimum Gasteiger partial charge on any atom is -0.508 e. The molecule has 2 rings (SSSR count). The number of phenolic OH excluding ortho intramolecular Hbond substituents is 1. The van der Waals surface area contributed by atoms with Crippen LogP contribution >= 0.6 is 0 Å². The standard InChI is InChI=1S/C17H18O3/c1-11-9-13(12(2)19-3)5-7-15(11)16-10-14(18)6-8-17(16)20-4/h5-10,18H,2H2,1,3-4H3. The Morgan fingerprint density at radius 1 is 1.05 bits per heavy atom. The van der Waals surface area contributed by atoms with Gasteiger partial charge in [0.2, 0.25) is 0 Å². The van der Waals surface area contributed by atoms with Crippen molar-refractivity contribution in [3.8, 4) is 22.6 Å². The van der Waals surface area contributed by atoms with Gasteiger partial charge in [-0.3, -0.25) is 0 Å². The van der Waals surface area contributed by atoms with Crippen molar-refractivity contribution >= 4 is 5.76 Å². The van der Waals surface area contributed by atoms with Crippen LogP contribution < -0.4 is 4.74 Å². The van der Waals surface area contributed by atoms with Gasteiger partial charge in [0, 0.05) is 11.1 Å². The minimum absolute atomic E-state index is 0.213. The molecule has 3 heteroatoms. The molecule has 0 atom stereocenters. The summed E-state index contributed by atoms with van der Waals surface area (Å²) < 4.78 is 10.5. The Kier molecular flexibility index (Phi) is 3.99. The predicted octanol–water partition coefficient (Wildman–Crippen LogP) is 3.99. The zero-order valence-corrected chi connectivity index (χ0v) is 11.9. The fourth-order valence-corrected chi connectivity index (χ4v) is 2.16. The molecule has 104 valence electrons. The lowest BCUT2D eigenvalue weighted by Gasteiger charge is -2.13. The highest BCUT2D eigenvalue weighted by Crippen LogP contribution is 2.35. The molecule has 0 aliphatic carbocycles. The topological polar surface area (TPSA) is 38.7 Å². The van der Waals surface area contributed by atoms with Gasteiger partial charge in [-0.15, -0.1) is 0 Å². The number of phenols is 1. The zero-order valence-electron chi connectivity index (χ0n) is 11.9. The van der Waals surface area contributed by atoms with Gasteiger partial charge in [-0.1, -0.05) is 18.7 Å². The SMILES string of the molecule is C=C(OC)c1ccc(-c2cc(O)ccc2OC)c(C)c1. The molecule has 0 aliphatic heterocycles. The molecule has 0 heterocycles. The van der Waals surface area contributed by atoms with Gasteiger partial charge in [0.15, 0.2) is 0 Å². The fraction of sp³-hybridized carbons (Fsp3) is 0.176. The Morgan fingerprint density at radius 2 is 1.80 bits per heavy atom. The molecule has 0 radical (unpaired) electrons. The average Bonchev–Trinajstić information content (AvgIpc) is 2.46. The Labute approximate surface area is 119 Å². The first-order valence-electron chi connectivity index (χ1n) is 6.28. The Bertz CT molecular complexity index is 645. The first-order chi connectivity index (χ1) is 9.56. The van der Waals surface area contributed by atoms with Gasteiger partial charge in [-0.05, 0) is 42.3 Å². The van der Waals surface area contributed by atoms with E-state index in [1.165, 1.54) is 0 Å². The number of aryl methyl sites for hydroxylation is 1. The summed E-state index contributed by atoms with van der Waals surface area (Å²) in [5.41, 5.74) is 3.86. The minimum atomic E-state index is 0.213. The summed E-state index contributed by atoms with van der Waals surface area (Å²) >= 11 is 0. The molecule has 0 amide bonds. The Hall–Kier alpha value is -2.42. The number of methoxy groups -OCH3 is 2. The van der Waals surface area contributed by atoms with E-state index in [0.29, 0.717) is 5.76 Å². The molecular formula is C17H18O3. The normalized spacial score (nSPS) is 10.2. The van der Waals surface area contributed by atoms with Gasteiger partial charge < -0.3 is 14.6 Å². The first kappa shape index (κ1) is 14.0. The van der Waals surface area contributed by atoms with Gasteiger partial charge >= 0.3 is 0 Å². The third kappa shape index (κ3) is 2.62. The molecule has 0 aromatic heterocycles. The number of hydrogen-bond acceptors (Lipinski definition) is 3. The van der Waals surface area contributed by atoms with Crippen molar-refractivity contribution in [1.29, 1.82) is 0 Å². The van der Waals surface area contributed by atoms with Gasteiger partial charge in [-0.2, -0.15) is 0 Å².